The van der Waals surface area contributed by atoms with E-state index in [1.54, 1.807) is 0 Å². The zero-order valence-electron chi connectivity index (χ0n) is 14.0. The first kappa shape index (κ1) is 15.6. The SMILES string of the molecule is [c]1ccccc1[Si](c1ccccc1)(c1ccccc1)c1ccccc1. The summed E-state index contributed by atoms with van der Waals surface area (Å²) in [5, 5.41) is 5.44. The van der Waals surface area contributed by atoms with Crippen LogP contribution in [0.3, 0.4) is 0 Å². The molecule has 25 heavy (non-hydrogen) atoms. The second-order valence-electron chi connectivity index (χ2n) is 6.12. The Hall–Kier alpha value is -2.90. The summed E-state index contributed by atoms with van der Waals surface area (Å²) in [5.41, 5.74) is 0. The van der Waals surface area contributed by atoms with Crippen LogP contribution in [0.1, 0.15) is 0 Å². The number of hydrogen-bond donors (Lipinski definition) is 0. The van der Waals surface area contributed by atoms with Crippen molar-refractivity contribution in [3.05, 3.63) is 121 Å². The van der Waals surface area contributed by atoms with Crippen molar-refractivity contribution >= 4 is 28.8 Å². The molecule has 0 nitrogen and oxygen atoms in total. The van der Waals surface area contributed by atoms with Gasteiger partial charge < -0.3 is 0 Å². The lowest BCUT2D eigenvalue weighted by Gasteiger charge is -2.34. The highest BCUT2D eigenvalue weighted by molar-refractivity contribution is 7.19. The summed E-state index contributed by atoms with van der Waals surface area (Å²) in [5.74, 6) is 0. The second-order valence-corrected chi connectivity index (χ2v) is 9.90. The second kappa shape index (κ2) is 6.92. The van der Waals surface area contributed by atoms with Crippen LogP contribution in [0.4, 0.5) is 0 Å². The van der Waals surface area contributed by atoms with Gasteiger partial charge in [0.05, 0.1) is 0 Å². The lowest BCUT2D eigenvalue weighted by molar-refractivity contribution is 1.66. The van der Waals surface area contributed by atoms with Gasteiger partial charge in [0.15, 0.2) is 8.07 Å². The first-order chi connectivity index (χ1) is 12.4. The zero-order chi connectivity index (χ0) is 17.0. The van der Waals surface area contributed by atoms with Crippen LogP contribution in [0.15, 0.2) is 115 Å². The molecule has 4 rings (SSSR count). The number of benzene rings is 4. The molecule has 0 saturated carbocycles. The summed E-state index contributed by atoms with van der Waals surface area (Å²) < 4.78 is 0. The topological polar surface area (TPSA) is 0 Å². The van der Waals surface area contributed by atoms with Crippen molar-refractivity contribution in [1.29, 1.82) is 0 Å². The molecule has 0 atom stereocenters. The molecule has 0 fully saturated rings. The van der Waals surface area contributed by atoms with Gasteiger partial charge in [-0.15, -0.1) is 0 Å². The third-order valence-corrected chi connectivity index (χ3v) is 9.45. The van der Waals surface area contributed by atoms with Gasteiger partial charge in [-0.2, -0.15) is 0 Å². The first-order valence-corrected chi connectivity index (χ1v) is 10.6. The molecule has 0 aliphatic carbocycles. The van der Waals surface area contributed by atoms with Gasteiger partial charge in [-0.1, -0.05) is 115 Å². The lowest BCUT2D eigenvalue weighted by Crippen LogP contribution is -2.74. The van der Waals surface area contributed by atoms with Gasteiger partial charge in [-0.3, -0.25) is 0 Å². The van der Waals surface area contributed by atoms with E-state index < -0.39 is 8.07 Å². The largest absolute Gasteiger partial charge is 0.180 e. The first-order valence-electron chi connectivity index (χ1n) is 8.56. The van der Waals surface area contributed by atoms with Crippen LogP contribution in [-0.2, 0) is 0 Å². The van der Waals surface area contributed by atoms with Gasteiger partial charge in [0, 0.05) is 0 Å². The number of hydrogen-bond acceptors (Lipinski definition) is 0. The van der Waals surface area contributed by atoms with E-state index in [2.05, 4.69) is 109 Å². The number of rotatable bonds is 4. The zero-order valence-corrected chi connectivity index (χ0v) is 15.0. The highest BCUT2D eigenvalue weighted by Gasteiger charge is 2.41. The molecular weight excluding hydrogens is 316 g/mol. The van der Waals surface area contributed by atoms with E-state index in [-0.39, 0.29) is 0 Å². The summed E-state index contributed by atoms with van der Waals surface area (Å²) in [4.78, 5) is 0. The maximum Gasteiger partial charge on any atom is 0.180 e. The predicted octanol–water partition coefficient (Wildman–Crippen LogP) is 2.86. The van der Waals surface area contributed by atoms with Gasteiger partial charge in [-0.05, 0) is 26.8 Å². The fraction of sp³-hybridized carbons (Fsp3) is 0. The van der Waals surface area contributed by atoms with Crippen LogP contribution in [-0.4, -0.2) is 8.07 Å². The molecule has 0 heterocycles. The summed E-state index contributed by atoms with van der Waals surface area (Å²) in [6.45, 7) is 0. The van der Waals surface area contributed by atoms with Crippen LogP contribution < -0.4 is 20.7 Å². The molecule has 0 saturated heterocycles. The van der Waals surface area contributed by atoms with Crippen molar-refractivity contribution < 1.29 is 0 Å². The molecule has 0 amide bonds. The van der Waals surface area contributed by atoms with Crippen molar-refractivity contribution in [1.82, 2.24) is 0 Å². The minimum atomic E-state index is -2.36. The Bertz CT molecular complexity index is 753. The standard InChI is InChI=1S/C24H19Si/c1-5-13-21(14-6-1)25(22-15-7-2-8-16-22,23-17-9-3-10-18-23)24-19-11-4-12-20-24/h1-19H. The van der Waals surface area contributed by atoms with E-state index in [1.807, 2.05) is 12.1 Å². The predicted molar refractivity (Wildman–Crippen MR) is 109 cm³/mol. The van der Waals surface area contributed by atoms with Crippen molar-refractivity contribution in [2.45, 2.75) is 0 Å². The smallest absolute Gasteiger partial charge is 0.0623 e. The van der Waals surface area contributed by atoms with E-state index in [9.17, 15) is 0 Å². The highest BCUT2D eigenvalue weighted by atomic mass is 28.3. The van der Waals surface area contributed by atoms with Gasteiger partial charge >= 0.3 is 0 Å². The molecule has 1 radical (unpaired) electrons. The van der Waals surface area contributed by atoms with Crippen LogP contribution in [0.25, 0.3) is 0 Å². The van der Waals surface area contributed by atoms with E-state index in [0.717, 1.165) is 0 Å². The summed E-state index contributed by atoms with van der Waals surface area (Å²) in [6, 6.07) is 44.8. The molecule has 0 unspecified atom stereocenters. The Labute approximate surface area is 150 Å². The quantitative estimate of drug-likeness (QED) is 0.397. The normalized spacial score (nSPS) is 11.2. The molecule has 0 bridgehead atoms. The molecular formula is C24H19Si. The molecule has 1 heteroatoms. The Kier molecular flexibility index (Phi) is 4.32. The van der Waals surface area contributed by atoms with Crippen LogP contribution in [0.2, 0.25) is 0 Å². The molecule has 0 aliphatic heterocycles. The molecule has 0 aromatic heterocycles. The van der Waals surface area contributed by atoms with Crippen molar-refractivity contribution in [2.75, 3.05) is 0 Å². The molecule has 119 valence electrons. The third kappa shape index (κ3) is 2.73. The van der Waals surface area contributed by atoms with Crippen molar-refractivity contribution in [3.8, 4) is 0 Å². The van der Waals surface area contributed by atoms with E-state index in [1.165, 1.54) is 20.7 Å². The maximum absolute atomic E-state index is 3.57. The van der Waals surface area contributed by atoms with Gasteiger partial charge in [0.2, 0.25) is 0 Å². The Balaban J connectivity index is 2.13. The van der Waals surface area contributed by atoms with E-state index >= 15 is 0 Å². The molecule has 0 N–H and O–H groups in total. The minimum absolute atomic E-state index is 1.29. The Morgan fingerprint density at radius 2 is 0.840 bits per heavy atom. The van der Waals surface area contributed by atoms with E-state index in [4.69, 9.17) is 0 Å². The van der Waals surface area contributed by atoms with Gasteiger partial charge in [0.25, 0.3) is 0 Å². The molecule has 4 aromatic carbocycles. The minimum Gasteiger partial charge on any atom is -0.0623 e. The summed E-state index contributed by atoms with van der Waals surface area (Å²) >= 11 is 0. The fourth-order valence-electron chi connectivity index (χ4n) is 3.66. The van der Waals surface area contributed by atoms with Crippen LogP contribution >= 0.6 is 0 Å². The average Bonchev–Trinajstić information content (AvgIpc) is 2.72. The Morgan fingerprint density at radius 1 is 0.440 bits per heavy atom. The van der Waals surface area contributed by atoms with Crippen LogP contribution in [0.5, 0.6) is 0 Å². The van der Waals surface area contributed by atoms with Gasteiger partial charge in [-0.25, -0.2) is 0 Å². The summed E-state index contributed by atoms with van der Waals surface area (Å²) in [7, 11) is -2.36. The third-order valence-electron chi connectivity index (χ3n) is 4.73. The fourth-order valence-corrected chi connectivity index (χ4v) is 8.31. The summed E-state index contributed by atoms with van der Waals surface area (Å²) in [6.07, 6.45) is 0. The molecule has 0 aliphatic rings. The van der Waals surface area contributed by atoms with Crippen molar-refractivity contribution in [2.24, 2.45) is 0 Å². The lowest BCUT2D eigenvalue weighted by atomic mass is 10.3. The average molecular weight is 336 g/mol. The molecule has 0 spiro atoms. The van der Waals surface area contributed by atoms with E-state index in [0.29, 0.717) is 0 Å². The Morgan fingerprint density at radius 3 is 1.20 bits per heavy atom. The van der Waals surface area contributed by atoms with Gasteiger partial charge in [0.1, 0.15) is 0 Å². The maximum atomic E-state index is 3.57. The molecule has 4 aromatic rings. The monoisotopic (exact) mass is 335 g/mol. The van der Waals surface area contributed by atoms with Crippen LogP contribution in [0, 0.1) is 6.07 Å². The van der Waals surface area contributed by atoms with Crippen molar-refractivity contribution in [3.63, 3.8) is 0 Å². The highest BCUT2D eigenvalue weighted by Crippen LogP contribution is 2.08.